The van der Waals surface area contributed by atoms with Crippen molar-refractivity contribution in [3.05, 3.63) is 29.8 Å². The van der Waals surface area contributed by atoms with Gasteiger partial charge in [0.2, 0.25) is 0 Å². The summed E-state index contributed by atoms with van der Waals surface area (Å²) in [6, 6.07) is 3.52. The van der Waals surface area contributed by atoms with Gasteiger partial charge in [-0.25, -0.2) is 8.42 Å². The van der Waals surface area contributed by atoms with E-state index in [9.17, 15) is 34.8 Å². The Morgan fingerprint density at radius 2 is 1.26 bits per heavy atom. The van der Waals surface area contributed by atoms with Crippen LogP contribution in [0.1, 0.15) is 10.4 Å². The summed E-state index contributed by atoms with van der Waals surface area (Å²) >= 11 is 0. The van der Waals surface area contributed by atoms with Gasteiger partial charge in [-0.15, -0.1) is 0 Å². The molecule has 0 saturated carbocycles. The van der Waals surface area contributed by atoms with Crippen LogP contribution in [0.2, 0.25) is 0 Å². The molecule has 2 saturated heterocycles. The Hall–Kier alpha value is -1.74. The molecule has 0 atom stereocenters. The summed E-state index contributed by atoms with van der Waals surface area (Å²) in [7, 11) is -7.20. The molecule has 3 rings (SSSR count). The summed E-state index contributed by atoms with van der Waals surface area (Å²) in [6.07, 6.45) is 0. The highest BCUT2D eigenvalue weighted by Crippen LogP contribution is 2.30. The third-order valence-electron chi connectivity index (χ3n) is 5.36. The van der Waals surface area contributed by atoms with Gasteiger partial charge in [-0.1, -0.05) is 0 Å². The highest BCUT2D eigenvalue weighted by Gasteiger charge is 2.46. The fourth-order valence-electron chi connectivity index (χ4n) is 3.40. The van der Waals surface area contributed by atoms with Crippen molar-refractivity contribution in [3.63, 3.8) is 0 Å². The third kappa shape index (κ3) is 4.87. The van der Waals surface area contributed by atoms with E-state index in [-0.39, 0.29) is 31.7 Å². The summed E-state index contributed by atoms with van der Waals surface area (Å²) in [5.74, 6) is -0.507. The number of amides is 1. The summed E-state index contributed by atoms with van der Waals surface area (Å²) in [5.41, 5.74) is -5.40. The van der Waals surface area contributed by atoms with Crippen LogP contribution in [0.25, 0.3) is 0 Å². The summed E-state index contributed by atoms with van der Waals surface area (Å²) in [4.78, 5) is 15.1. The topological polar surface area (TPSA) is 98.3 Å². The lowest BCUT2D eigenvalue weighted by atomic mass is 10.2. The van der Waals surface area contributed by atoms with Gasteiger partial charge in [0.05, 0.1) is 4.90 Å². The molecule has 0 aliphatic carbocycles. The number of hydrogen-bond acceptors (Lipinski definition) is 6. The monoisotopic (exact) mass is 484 g/mol. The van der Waals surface area contributed by atoms with Crippen molar-refractivity contribution in [1.82, 2.24) is 18.4 Å². The van der Waals surface area contributed by atoms with Crippen molar-refractivity contribution in [2.75, 3.05) is 59.4 Å². The van der Waals surface area contributed by atoms with Crippen LogP contribution >= 0.6 is 0 Å². The molecular formula is C17H23F3N4O5S2. The van der Waals surface area contributed by atoms with Crippen LogP contribution < -0.4 is 0 Å². The molecule has 0 N–H and O–H groups in total. The van der Waals surface area contributed by atoms with Crippen LogP contribution in [0.4, 0.5) is 13.2 Å². The van der Waals surface area contributed by atoms with E-state index < -0.39 is 36.4 Å². The Morgan fingerprint density at radius 3 is 1.71 bits per heavy atom. The zero-order chi connectivity index (χ0) is 23.0. The molecule has 31 heavy (non-hydrogen) atoms. The number of alkyl halides is 3. The average Bonchev–Trinajstić information content (AvgIpc) is 2.73. The predicted molar refractivity (Wildman–Crippen MR) is 105 cm³/mol. The van der Waals surface area contributed by atoms with Gasteiger partial charge in [-0.05, 0) is 31.3 Å². The Kier molecular flexibility index (Phi) is 6.68. The number of sulfone groups is 1. The van der Waals surface area contributed by atoms with E-state index in [0.717, 1.165) is 24.3 Å². The first-order valence-corrected chi connectivity index (χ1v) is 12.4. The quantitative estimate of drug-likeness (QED) is 0.607. The fourth-order valence-corrected chi connectivity index (χ4v) is 5.73. The lowest BCUT2D eigenvalue weighted by Gasteiger charge is -2.39. The van der Waals surface area contributed by atoms with E-state index in [1.54, 1.807) is 0 Å². The number of hydrogen-bond donors (Lipinski definition) is 0. The molecular weight excluding hydrogens is 461 g/mol. The normalized spacial score (nSPS) is 20.7. The second kappa shape index (κ2) is 8.65. The van der Waals surface area contributed by atoms with E-state index in [0.29, 0.717) is 26.2 Å². The second-order valence-electron chi connectivity index (χ2n) is 7.37. The van der Waals surface area contributed by atoms with E-state index in [1.807, 2.05) is 11.9 Å². The Labute approximate surface area is 179 Å². The van der Waals surface area contributed by atoms with Gasteiger partial charge in [0.15, 0.2) is 0 Å². The first-order valence-electron chi connectivity index (χ1n) is 9.48. The van der Waals surface area contributed by atoms with Crippen LogP contribution in [-0.4, -0.2) is 106 Å². The standard InChI is InChI=1S/C17H23F3N4O5S2/c1-21-6-10-23(11-7-21)31(28,29)24-12-8-22(9-13-24)16(25)14-2-4-15(5-3-14)30(26,27)17(18,19)20/h2-5H,6-13H2,1H3. The highest BCUT2D eigenvalue weighted by atomic mass is 32.2. The van der Waals surface area contributed by atoms with Gasteiger partial charge < -0.3 is 9.80 Å². The maximum absolute atomic E-state index is 12.8. The molecule has 1 aromatic carbocycles. The number of halogens is 3. The zero-order valence-electron chi connectivity index (χ0n) is 16.7. The summed E-state index contributed by atoms with van der Waals surface area (Å²) in [6.45, 7) is 2.50. The van der Waals surface area contributed by atoms with Gasteiger partial charge >= 0.3 is 5.51 Å². The molecule has 0 aromatic heterocycles. The first kappa shape index (κ1) is 23.9. The second-order valence-corrected chi connectivity index (χ2v) is 11.2. The molecule has 1 amide bonds. The van der Waals surface area contributed by atoms with E-state index in [2.05, 4.69) is 0 Å². The van der Waals surface area contributed by atoms with Gasteiger partial charge in [0.1, 0.15) is 0 Å². The average molecular weight is 485 g/mol. The number of likely N-dealkylation sites (N-methyl/N-ethyl adjacent to an activating group) is 1. The molecule has 174 valence electrons. The van der Waals surface area contributed by atoms with Crippen molar-refractivity contribution < 1.29 is 34.8 Å². The van der Waals surface area contributed by atoms with Crippen molar-refractivity contribution >= 4 is 26.0 Å². The van der Waals surface area contributed by atoms with Gasteiger partial charge in [-0.2, -0.15) is 30.2 Å². The Balaban J connectivity index is 1.63. The molecule has 2 aliphatic heterocycles. The van der Waals surface area contributed by atoms with Gasteiger partial charge in [0.25, 0.3) is 26.0 Å². The van der Waals surface area contributed by atoms with Crippen molar-refractivity contribution in [1.29, 1.82) is 0 Å². The lowest BCUT2D eigenvalue weighted by molar-refractivity contribution is -0.0436. The molecule has 2 heterocycles. The molecule has 0 radical (unpaired) electrons. The van der Waals surface area contributed by atoms with E-state index in [4.69, 9.17) is 0 Å². The largest absolute Gasteiger partial charge is 0.501 e. The number of rotatable bonds is 4. The number of carbonyl (C=O) groups is 1. The molecule has 1 aromatic rings. The zero-order valence-corrected chi connectivity index (χ0v) is 18.4. The molecule has 9 nitrogen and oxygen atoms in total. The van der Waals surface area contributed by atoms with Crippen LogP contribution in [0.3, 0.4) is 0 Å². The Bertz CT molecular complexity index is 1010. The first-order chi connectivity index (χ1) is 14.3. The summed E-state index contributed by atoms with van der Waals surface area (Å²) < 4.78 is 89.1. The third-order valence-corrected chi connectivity index (χ3v) is 8.89. The maximum Gasteiger partial charge on any atom is 0.501 e. The maximum atomic E-state index is 12.8. The number of benzene rings is 1. The fraction of sp³-hybridized carbons (Fsp3) is 0.588. The van der Waals surface area contributed by atoms with Crippen LogP contribution in [-0.2, 0) is 20.0 Å². The highest BCUT2D eigenvalue weighted by molar-refractivity contribution is 7.92. The lowest BCUT2D eigenvalue weighted by Crippen LogP contribution is -2.57. The van der Waals surface area contributed by atoms with Crippen molar-refractivity contribution in [2.45, 2.75) is 10.4 Å². The number of piperazine rings is 2. The van der Waals surface area contributed by atoms with Crippen LogP contribution in [0, 0.1) is 0 Å². The Morgan fingerprint density at radius 1 is 0.806 bits per heavy atom. The van der Waals surface area contributed by atoms with E-state index in [1.165, 1.54) is 13.5 Å². The van der Waals surface area contributed by atoms with Crippen molar-refractivity contribution in [2.24, 2.45) is 0 Å². The summed E-state index contributed by atoms with van der Waals surface area (Å²) in [5, 5.41) is 0. The van der Waals surface area contributed by atoms with Gasteiger partial charge in [0, 0.05) is 57.9 Å². The smallest absolute Gasteiger partial charge is 0.336 e. The molecule has 2 fully saturated rings. The predicted octanol–water partition coefficient (Wildman–Crippen LogP) is 0.230. The number of nitrogens with zero attached hydrogens (tertiary/aromatic N) is 4. The van der Waals surface area contributed by atoms with Crippen LogP contribution in [0.15, 0.2) is 29.2 Å². The minimum absolute atomic E-state index is 0.0245. The number of carbonyl (C=O) groups excluding carboxylic acids is 1. The van der Waals surface area contributed by atoms with Crippen molar-refractivity contribution in [3.8, 4) is 0 Å². The molecule has 0 unspecified atom stereocenters. The van der Waals surface area contributed by atoms with Crippen LogP contribution in [0.5, 0.6) is 0 Å². The van der Waals surface area contributed by atoms with Gasteiger partial charge in [-0.3, -0.25) is 4.79 Å². The minimum atomic E-state index is -5.49. The molecule has 0 bridgehead atoms. The minimum Gasteiger partial charge on any atom is -0.336 e. The molecule has 2 aliphatic rings. The van der Waals surface area contributed by atoms with E-state index >= 15 is 0 Å². The molecule has 0 spiro atoms. The molecule has 14 heteroatoms. The SMILES string of the molecule is CN1CCN(S(=O)(=O)N2CCN(C(=O)c3ccc(S(=O)(=O)C(F)(F)F)cc3)CC2)CC1.